The molecule has 2 N–H and O–H groups in total. The smallest absolute Gasteiger partial charge is 0.269 e. The summed E-state index contributed by atoms with van der Waals surface area (Å²) >= 11 is 0. The van der Waals surface area contributed by atoms with Crippen LogP contribution in [0, 0.1) is 5.92 Å². The normalized spacial score (nSPS) is 14.7. The van der Waals surface area contributed by atoms with Gasteiger partial charge in [-0.05, 0) is 110 Å². The van der Waals surface area contributed by atoms with E-state index in [1.807, 2.05) is 37.3 Å². The number of hydrogen-bond donors (Lipinski definition) is 2. The number of H-pyrrole nitrogens is 1. The highest BCUT2D eigenvalue weighted by Gasteiger charge is 2.31. The van der Waals surface area contributed by atoms with Crippen molar-refractivity contribution in [3.05, 3.63) is 124 Å². The lowest BCUT2D eigenvalue weighted by atomic mass is 9.81. The Kier molecular flexibility index (Phi) is 10.6. The minimum Gasteiger partial charge on any atom is -0.351 e. The molecule has 0 saturated heterocycles. The molecule has 1 heterocycles. The number of hydrogen-bond acceptors (Lipinski definition) is 4. The van der Waals surface area contributed by atoms with Gasteiger partial charge in [-0.2, -0.15) is 0 Å². The van der Waals surface area contributed by atoms with Gasteiger partial charge in [-0.25, -0.2) is 10.0 Å². The van der Waals surface area contributed by atoms with Crippen molar-refractivity contribution in [2.24, 2.45) is 5.92 Å². The zero-order valence-corrected chi connectivity index (χ0v) is 27.0. The van der Waals surface area contributed by atoms with Crippen LogP contribution in [-0.4, -0.2) is 39.4 Å². The third-order valence-electron chi connectivity index (χ3n) is 9.63. The molecule has 0 spiro atoms. The number of amides is 2. The first-order valence-corrected chi connectivity index (χ1v) is 17.0. The zero-order valence-electron chi connectivity index (χ0n) is 27.0. The summed E-state index contributed by atoms with van der Waals surface area (Å²) in [5.41, 5.74) is 9.87. The second-order valence-corrected chi connectivity index (χ2v) is 12.7. The van der Waals surface area contributed by atoms with Gasteiger partial charge in [-0.1, -0.05) is 66.7 Å². The van der Waals surface area contributed by atoms with Crippen LogP contribution >= 0.6 is 0 Å². The van der Waals surface area contributed by atoms with Crippen molar-refractivity contribution in [1.29, 1.82) is 0 Å². The van der Waals surface area contributed by atoms with Crippen molar-refractivity contribution < 1.29 is 14.4 Å². The standard InChI is InChI=1S/C39H46N4O3/c1-2-43(46-26-28-12-4-3-5-13-28)39(45)37(24-34-25-40-27-41-34)42-38(44)33(22-31-18-10-16-29-14-6-8-20-35(29)31)23-32-19-11-17-30-15-7-9-21-36(30)32/h3-5,10-13,16-19,25,27,33,37H,2,6-9,14-15,20-24,26H2,1H3,(H,40,41)(H,42,44). The Morgan fingerprint density at radius 2 is 1.46 bits per heavy atom. The summed E-state index contributed by atoms with van der Waals surface area (Å²) in [4.78, 5) is 41.9. The molecule has 0 radical (unpaired) electrons. The summed E-state index contributed by atoms with van der Waals surface area (Å²) in [7, 11) is 0. The van der Waals surface area contributed by atoms with Gasteiger partial charge < -0.3 is 10.3 Å². The monoisotopic (exact) mass is 618 g/mol. The summed E-state index contributed by atoms with van der Waals surface area (Å²) < 4.78 is 0. The van der Waals surface area contributed by atoms with Crippen LogP contribution in [0.4, 0.5) is 0 Å². The molecular weight excluding hydrogens is 572 g/mol. The fourth-order valence-corrected chi connectivity index (χ4v) is 7.20. The number of aromatic nitrogens is 2. The number of aryl methyl sites for hydroxylation is 2. The van der Waals surface area contributed by atoms with Gasteiger partial charge in [0.25, 0.3) is 5.91 Å². The Bertz CT molecular complexity index is 1540. The van der Waals surface area contributed by atoms with E-state index in [-0.39, 0.29) is 30.8 Å². The molecule has 1 aromatic heterocycles. The number of nitrogens with zero attached hydrogens (tertiary/aromatic N) is 2. The van der Waals surface area contributed by atoms with Crippen molar-refractivity contribution in [3.8, 4) is 0 Å². The van der Waals surface area contributed by atoms with Crippen LogP contribution in [0.5, 0.6) is 0 Å². The molecule has 6 rings (SSSR count). The summed E-state index contributed by atoms with van der Waals surface area (Å²) in [6.07, 6.45) is 14.1. The number of fused-ring (bicyclic) bond motifs is 2. The molecule has 0 fully saturated rings. The Morgan fingerprint density at radius 1 is 0.826 bits per heavy atom. The quantitative estimate of drug-likeness (QED) is 0.173. The lowest BCUT2D eigenvalue weighted by molar-refractivity contribution is -0.192. The molecule has 4 aromatic rings. The molecule has 7 nitrogen and oxygen atoms in total. The van der Waals surface area contributed by atoms with Crippen LogP contribution in [0.1, 0.15) is 77.2 Å². The highest BCUT2D eigenvalue weighted by atomic mass is 16.7. The van der Waals surface area contributed by atoms with Crippen LogP contribution in [0.25, 0.3) is 0 Å². The predicted molar refractivity (Wildman–Crippen MR) is 180 cm³/mol. The molecule has 0 aliphatic heterocycles. The van der Waals surface area contributed by atoms with E-state index in [0.717, 1.165) is 31.2 Å². The predicted octanol–water partition coefficient (Wildman–Crippen LogP) is 6.28. The summed E-state index contributed by atoms with van der Waals surface area (Å²) in [6.45, 7) is 2.51. The minimum atomic E-state index is -0.816. The van der Waals surface area contributed by atoms with Crippen LogP contribution in [0.15, 0.2) is 79.3 Å². The van der Waals surface area contributed by atoms with E-state index >= 15 is 0 Å². The van der Waals surface area contributed by atoms with Crippen LogP contribution in [-0.2, 0) is 66.0 Å². The Labute approximate surface area is 272 Å². The molecular formula is C39H46N4O3. The summed E-state index contributed by atoms with van der Waals surface area (Å²) in [5, 5.41) is 4.58. The molecule has 46 heavy (non-hydrogen) atoms. The number of rotatable bonds is 13. The molecule has 2 amide bonds. The van der Waals surface area contributed by atoms with Gasteiger partial charge in [0.05, 0.1) is 12.0 Å². The van der Waals surface area contributed by atoms with Gasteiger partial charge in [0, 0.05) is 25.1 Å². The number of hydroxylamine groups is 2. The maximum atomic E-state index is 14.5. The first-order valence-electron chi connectivity index (χ1n) is 17.0. The van der Waals surface area contributed by atoms with Crippen molar-refractivity contribution >= 4 is 11.8 Å². The molecule has 2 aliphatic carbocycles. The van der Waals surface area contributed by atoms with Crippen molar-refractivity contribution in [1.82, 2.24) is 20.3 Å². The van der Waals surface area contributed by atoms with Crippen LogP contribution in [0.3, 0.4) is 0 Å². The minimum absolute atomic E-state index is 0.102. The fraction of sp³-hybridized carbons (Fsp3) is 0.410. The number of aromatic amines is 1. The van der Waals surface area contributed by atoms with E-state index in [9.17, 15) is 9.59 Å². The second-order valence-electron chi connectivity index (χ2n) is 12.7. The van der Waals surface area contributed by atoms with Gasteiger partial charge in [-0.15, -0.1) is 0 Å². The van der Waals surface area contributed by atoms with Gasteiger partial charge in [0.15, 0.2) is 0 Å². The Morgan fingerprint density at radius 3 is 2.04 bits per heavy atom. The number of benzene rings is 3. The van der Waals surface area contributed by atoms with E-state index in [0.29, 0.717) is 25.1 Å². The number of imidazole rings is 1. The van der Waals surface area contributed by atoms with E-state index in [1.54, 1.807) is 12.5 Å². The molecule has 0 saturated carbocycles. The topological polar surface area (TPSA) is 87.3 Å². The van der Waals surface area contributed by atoms with Crippen LogP contribution < -0.4 is 5.32 Å². The SMILES string of the molecule is CCN(OCc1ccccc1)C(=O)C(Cc1c[nH]cn1)NC(=O)C(Cc1cccc2c1CCCC2)Cc1cccc2c1CCCC2. The first-order chi connectivity index (χ1) is 22.6. The van der Waals surface area contributed by atoms with Gasteiger partial charge in [0.1, 0.15) is 12.6 Å². The maximum Gasteiger partial charge on any atom is 0.269 e. The average Bonchev–Trinajstić information content (AvgIpc) is 3.62. The highest BCUT2D eigenvalue weighted by Crippen LogP contribution is 2.30. The average molecular weight is 619 g/mol. The van der Waals surface area contributed by atoms with Crippen molar-refractivity contribution in [3.63, 3.8) is 0 Å². The molecule has 0 bridgehead atoms. The molecule has 240 valence electrons. The van der Waals surface area contributed by atoms with Crippen LogP contribution in [0.2, 0.25) is 0 Å². The van der Waals surface area contributed by atoms with Gasteiger partial charge in [-0.3, -0.25) is 14.4 Å². The van der Waals surface area contributed by atoms with Gasteiger partial charge in [0.2, 0.25) is 5.91 Å². The Hall–Kier alpha value is -4.23. The molecule has 1 atom stereocenters. The number of nitrogens with one attached hydrogen (secondary N) is 2. The largest absolute Gasteiger partial charge is 0.351 e. The zero-order chi connectivity index (χ0) is 31.7. The van der Waals surface area contributed by atoms with E-state index in [4.69, 9.17) is 4.84 Å². The first kappa shape index (κ1) is 31.7. The Balaban J connectivity index is 1.27. The number of likely N-dealkylation sites (N-methyl/N-ethyl adjacent to an activating group) is 1. The van der Waals surface area contributed by atoms with E-state index < -0.39 is 6.04 Å². The summed E-state index contributed by atoms with van der Waals surface area (Å²) in [5.74, 6) is -0.700. The van der Waals surface area contributed by atoms with E-state index in [2.05, 4.69) is 51.7 Å². The maximum absolute atomic E-state index is 14.5. The second kappa shape index (κ2) is 15.4. The lowest BCUT2D eigenvalue weighted by Gasteiger charge is -2.28. The third kappa shape index (κ3) is 7.76. The third-order valence-corrected chi connectivity index (χ3v) is 9.63. The van der Waals surface area contributed by atoms with Crippen molar-refractivity contribution in [2.75, 3.05) is 6.54 Å². The lowest BCUT2D eigenvalue weighted by Crippen LogP contribution is -2.51. The molecule has 7 heteroatoms. The van der Waals surface area contributed by atoms with E-state index in [1.165, 1.54) is 64.1 Å². The fourth-order valence-electron chi connectivity index (χ4n) is 7.20. The number of carbonyl (C=O) groups is 2. The molecule has 2 aliphatic rings. The highest BCUT2D eigenvalue weighted by molar-refractivity contribution is 5.88. The van der Waals surface area contributed by atoms with Crippen molar-refractivity contribution in [2.45, 2.75) is 90.2 Å². The molecule has 3 aromatic carbocycles. The number of carbonyl (C=O) groups excluding carboxylic acids is 2. The van der Waals surface area contributed by atoms with Gasteiger partial charge >= 0.3 is 0 Å². The molecule has 1 unspecified atom stereocenters. The summed E-state index contributed by atoms with van der Waals surface area (Å²) in [6, 6.07) is 22.2.